The predicted molar refractivity (Wildman–Crippen MR) is 198 cm³/mol. The molecule has 3 heteroatoms. The lowest BCUT2D eigenvalue weighted by Gasteiger charge is -2.27. The third-order valence-electron chi connectivity index (χ3n) is 9.03. The third kappa shape index (κ3) is 5.22. The minimum atomic E-state index is 0.833. The molecule has 0 bridgehead atoms. The minimum absolute atomic E-state index is 0.833. The molecule has 0 aliphatic heterocycles. The molecular formula is C44H33NO2. The fourth-order valence-corrected chi connectivity index (χ4v) is 6.68. The van der Waals surface area contributed by atoms with E-state index < -0.39 is 0 Å². The van der Waals surface area contributed by atoms with Gasteiger partial charge in [-0.1, -0.05) is 103 Å². The molecule has 8 aromatic rings. The number of hydrogen-bond acceptors (Lipinski definition) is 3. The molecule has 0 atom stereocenters. The summed E-state index contributed by atoms with van der Waals surface area (Å²) >= 11 is 0. The predicted octanol–water partition coefficient (Wildman–Crippen LogP) is 11.7. The largest absolute Gasteiger partial charge is 0.497 e. The molecule has 0 fully saturated rings. The number of benzene rings is 8. The highest BCUT2D eigenvalue weighted by Crippen LogP contribution is 2.44. The van der Waals surface area contributed by atoms with E-state index in [4.69, 9.17) is 9.47 Å². The molecule has 0 aromatic heterocycles. The van der Waals surface area contributed by atoms with Crippen molar-refractivity contribution in [2.24, 2.45) is 0 Å². The molecule has 0 aliphatic carbocycles. The molecule has 0 N–H and O–H groups in total. The normalized spacial score (nSPS) is 11.2. The van der Waals surface area contributed by atoms with E-state index in [1.54, 1.807) is 14.2 Å². The van der Waals surface area contributed by atoms with Crippen molar-refractivity contribution in [2.45, 2.75) is 0 Å². The first-order valence-electron chi connectivity index (χ1n) is 15.8. The Bertz CT molecular complexity index is 2270. The Morgan fingerprint density at radius 1 is 0.468 bits per heavy atom. The number of methoxy groups -OCH3 is 2. The summed E-state index contributed by atoms with van der Waals surface area (Å²) in [6.07, 6.45) is 2.25. The van der Waals surface area contributed by atoms with Gasteiger partial charge < -0.3 is 14.4 Å². The molecule has 8 rings (SSSR count). The topological polar surface area (TPSA) is 21.7 Å². The Morgan fingerprint density at radius 3 is 1.60 bits per heavy atom. The molecule has 3 nitrogen and oxygen atoms in total. The van der Waals surface area contributed by atoms with Crippen molar-refractivity contribution >= 4 is 61.0 Å². The van der Waals surface area contributed by atoms with Crippen LogP contribution in [0.15, 0.2) is 158 Å². The van der Waals surface area contributed by atoms with Crippen molar-refractivity contribution in [3.05, 3.63) is 174 Å². The zero-order valence-electron chi connectivity index (χ0n) is 26.4. The number of hydrogen-bond donors (Lipinski definition) is 0. The van der Waals surface area contributed by atoms with Crippen LogP contribution in [0.5, 0.6) is 11.5 Å². The second kappa shape index (κ2) is 12.0. The second-order valence-electron chi connectivity index (χ2n) is 11.7. The van der Waals surface area contributed by atoms with Crippen molar-refractivity contribution in [3.63, 3.8) is 0 Å². The lowest BCUT2D eigenvalue weighted by Crippen LogP contribution is -2.10. The number of rotatable bonds is 8. The van der Waals surface area contributed by atoms with Gasteiger partial charge in [-0.2, -0.15) is 0 Å². The highest BCUT2D eigenvalue weighted by molar-refractivity contribution is 6.25. The highest BCUT2D eigenvalue weighted by Gasteiger charge is 2.18. The van der Waals surface area contributed by atoms with Gasteiger partial charge in [0.2, 0.25) is 0 Å². The molecule has 0 saturated heterocycles. The highest BCUT2D eigenvalue weighted by atomic mass is 16.5. The van der Waals surface area contributed by atoms with Gasteiger partial charge in [-0.25, -0.2) is 0 Å². The summed E-state index contributed by atoms with van der Waals surface area (Å²) in [4.78, 5) is 2.37. The molecule has 0 amide bonds. The first kappa shape index (κ1) is 28.4. The average Bonchev–Trinajstić information content (AvgIpc) is 3.14. The van der Waals surface area contributed by atoms with E-state index in [0.717, 1.165) is 50.8 Å². The summed E-state index contributed by atoms with van der Waals surface area (Å²) in [6, 6.07) is 56.0. The van der Waals surface area contributed by atoms with Crippen LogP contribution in [-0.2, 0) is 0 Å². The van der Waals surface area contributed by atoms with Crippen LogP contribution in [0.1, 0.15) is 16.7 Å². The van der Waals surface area contributed by atoms with Crippen molar-refractivity contribution in [1.82, 2.24) is 0 Å². The number of para-hydroxylation sites is 1. The van der Waals surface area contributed by atoms with E-state index in [1.165, 1.54) is 32.3 Å². The molecule has 8 aromatic carbocycles. The van der Waals surface area contributed by atoms with Gasteiger partial charge in [-0.3, -0.25) is 0 Å². The average molecular weight is 608 g/mol. The monoisotopic (exact) mass is 607 g/mol. The fourth-order valence-electron chi connectivity index (χ4n) is 6.68. The summed E-state index contributed by atoms with van der Waals surface area (Å²) in [7, 11) is 3.39. The summed E-state index contributed by atoms with van der Waals surface area (Å²) in [6.45, 7) is 0. The molecule has 0 aliphatic rings. The third-order valence-corrected chi connectivity index (χ3v) is 9.03. The summed E-state index contributed by atoms with van der Waals surface area (Å²) in [5.41, 5.74) is 7.82. The zero-order chi connectivity index (χ0) is 31.7. The molecule has 0 saturated carbocycles. The van der Waals surface area contributed by atoms with E-state index in [-0.39, 0.29) is 0 Å². The maximum Gasteiger partial charge on any atom is 0.118 e. The van der Waals surface area contributed by atoms with Crippen LogP contribution in [0.4, 0.5) is 17.1 Å². The van der Waals surface area contributed by atoms with Crippen LogP contribution in [-0.4, -0.2) is 14.2 Å². The molecule has 47 heavy (non-hydrogen) atoms. The fraction of sp³-hybridized carbons (Fsp3) is 0.0455. The van der Waals surface area contributed by atoms with E-state index in [2.05, 4.69) is 144 Å². The van der Waals surface area contributed by atoms with Gasteiger partial charge >= 0.3 is 0 Å². The molecule has 226 valence electrons. The molecule has 0 heterocycles. The van der Waals surface area contributed by atoms with Crippen molar-refractivity contribution in [1.29, 1.82) is 0 Å². The number of anilines is 3. The van der Waals surface area contributed by atoms with E-state index >= 15 is 0 Å². The maximum atomic E-state index is 5.43. The minimum Gasteiger partial charge on any atom is -0.497 e. The smallest absolute Gasteiger partial charge is 0.118 e. The van der Waals surface area contributed by atoms with Crippen molar-refractivity contribution in [3.8, 4) is 11.5 Å². The lowest BCUT2D eigenvalue weighted by atomic mass is 9.93. The summed E-state index contributed by atoms with van der Waals surface area (Å²) < 4.78 is 10.9. The molecular weight excluding hydrogens is 574 g/mol. The standard InChI is InChI=1S/C44H33NO2/c1-46-38-23-15-31(16-24-38)41(32-17-25-39(47-2)26-18-32)29-30-11-21-37(22-12-30)45(36-9-4-3-5-10-36)42-28-20-35-14-13-33-7-6-8-34-19-27-40(42)44(35)43(33)34/h3-29H,1-2H3. The Balaban J connectivity index is 1.25. The first-order valence-corrected chi connectivity index (χ1v) is 15.8. The zero-order valence-corrected chi connectivity index (χ0v) is 26.4. The number of nitrogens with zero attached hydrogens (tertiary/aromatic N) is 1. The van der Waals surface area contributed by atoms with Gasteiger partial charge in [-0.15, -0.1) is 0 Å². The van der Waals surface area contributed by atoms with Crippen LogP contribution < -0.4 is 14.4 Å². The summed E-state index contributed by atoms with van der Waals surface area (Å²) in [5.74, 6) is 1.67. The van der Waals surface area contributed by atoms with Gasteiger partial charge in [0.25, 0.3) is 0 Å². The van der Waals surface area contributed by atoms with E-state index in [1.807, 2.05) is 24.3 Å². The van der Waals surface area contributed by atoms with Crippen LogP contribution in [0, 0.1) is 0 Å². The Morgan fingerprint density at radius 2 is 1.00 bits per heavy atom. The van der Waals surface area contributed by atoms with Gasteiger partial charge in [-0.05, 0) is 110 Å². The Labute approximate surface area is 274 Å². The van der Waals surface area contributed by atoms with Gasteiger partial charge in [0, 0.05) is 16.8 Å². The van der Waals surface area contributed by atoms with Crippen molar-refractivity contribution in [2.75, 3.05) is 19.1 Å². The van der Waals surface area contributed by atoms with Crippen LogP contribution >= 0.6 is 0 Å². The van der Waals surface area contributed by atoms with E-state index in [9.17, 15) is 0 Å². The van der Waals surface area contributed by atoms with Crippen LogP contribution in [0.25, 0.3) is 44.0 Å². The van der Waals surface area contributed by atoms with Gasteiger partial charge in [0.15, 0.2) is 0 Å². The molecule has 0 spiro atoms. The lowest BCUT2D eigenvalue weighted by molar-refractivity contribution is 0.414. The molecule has 0 unspecified atom stereocenters. The van der Waals surface area contributed by atoms with Crippen LogP contribution in [0.3, 0.4) is 0 Å². The first-order chi connectivity index (χ1) is 23.2. The Kier molecular flexibility index (Phi) is 7.28. The Hall–Kier alpha value is -6.06. The van der Waals surface area contributed by atoms with Gasteiger partial charge in [0.05, 0.1) is 19.9 Å². The second-order valence-corrected chi connectivity index (χ2v) is 11.7. The van der Waals surface area contributed by atoms with E-state index in [0.29, 0.717) is 0 Å². The quantitative estimate of drug-likeness (QED) is 0.127. The molecule has 0 radical (unpaired) electrons. The van der Waals surface area contributed by atoms with Crippen molar-refractivity contribution < 1.29 is 9.47 Å². The van der Waals surface area contributed by atoms with Crippen LogP contribution in [0.2, 0.25) is 0 Å². The van der Waals surface area contributed by atoms with Gasteiger partial charge in [0.1, 0.15) is 11.5 Å². The maximum absolute atomic E-state index is 5.43. The summed E-state index contributed by atoms with van der Waals surface area (Å²) in [5, 5.41) is 7.66. The number of ether oxygens (including phenoxy) is 2. The SMILES string of the molecule is COc1ccc(C(=Cc2ccc(N(c3ccccc3)c3ccc4ccc5cccc6ccc3c4c56)cc2)c2ccc(OC)cc2)cc1.